The van der Waals surface area contributed by atoms with Crippen LogP contribution in [0.4, 0.5) is 0 Å². The zero-order chi connectivity index (χ0) is 18.6. The lowest BCUT2D eigenvalue weighted by Gasteiger charge is -2.08. The van der Waals surface area contributed by atoms with Crippen LogP contribution in [0.3, 0.4) is 0 Å². The molecule has 0 aliphatic rings. The maximum Gasteiger partial charge on any atom is 0.258 e. The van der Waals surface area contributed by atoms with Crippen LogP contribution in [0.5, 0.6) is 5.75 Å². The number of carbonyl (C=O) groups excluding carboxylic acids is 1. The zero-order valence-corrected chi connectivity index (χ0v) is 16.4. The second-order valence-corrected chi connectivity index (χ2v) is 8.32. The smallest absolute Gasteiger partial charge is 0.258 e. The average Bonchev–Trinajstić information content (AvgIpc) is 3.33. The van der Waals surface area contributed by atoms with E-state index < -0.39 is 0 Å². The normalized spacial score (nSPS) is 10.9. The van der Waals surface area contributed by atoms with Gasteiger partial charge in [0.1, 0.15) is 5.75 Å². The van der Waals surface area contributed by atoms with Gasteiger partial charge in [-0.15, -0.1) is 22.7 Å². The standard InChI is InChI=1S/C21H18N2O2S2/c1-14-23-19(13-26-14)20-9-8-18(27-20)11-22-21(24)12-25-17-7-6-15-4-2-3-5-16(15)10-17/h2-10,13H,11-12H2,1H3,(H,22,24). The van der Waals surface area contributed by atoms with Crippen molar-refractivity contribution in [2.75, 3.05) is 6.61 Å². The first-order chi connectivity index (χ1) is 13.2. The van der Waals surface area contributed by atoms with Crippen LogP contribution in [-0.4, -0.2) is 17.5 Å². The number of hydrogen-bond acceptors (Lipinski definition) is 5. The Kier molecular flexibility index (Phi) is 5.18. The number of rotatable bonds is 6. The van der Waals surface area contributed by atoms with Crippen molar-refractivity contribution in [1.29, 1.82) is 0 Å². The Morgan fingerprint density at radius 3 is 2.78 bits per heavy atom. The van der Waals surface area contributed by atoms with E-state index >= 15 is 0 Å². The summed E-state index contributed by atoms with van der Waals surface area (Å²) < 4.78 is 5.62. The van der Waals surface area contributed by atoms with Crippen molar-refractivity contribution in [3.05, 3.63) is 69.9 Å². The molecule has 0 fully saturated rings. The number of thiophene rings is 1. The number of aromatic nitrogens is 1. The molecule has 6 heteroatoms. The molecule has 0 atom stereocenters. The highest BCUT2D eigenvalue weighted by molar-refractivity contribution is 7.16. The highest BCUT2D eigenvalue weighted by Gasteiger charge is 2.08. The fraction of sp³-hybridized carbons (Fsp3) is 0.143. The molecule has 1 amide bonds. The number of thiazole rings is 1. The van der Waals surface area contributed by atoms with Crippen LogP contribution in [-0.2, 0) is 11.3 Å². The van der Waals surface area contributed by atoms with Gasteiger partial charge in [0.25, 0.3) is 5.91 Å². The van der Waals surface area contributed by atoms with Crippen molar-refractivity contribution >= 4 is 39.4 Å². The van der Waals surface area contributed by atoms with Crippen molar-refractivity contribution in [3.8, 4) is 16.3 Å². The van der Waals surface area contributed by atoms with Crippen molar-refractivity contribution in [2.45, 2.75) is 13.5 Å². The van der Waals surface area contributed by atoms with Crippen molar-refractivity contribution in [3.63, 3.8) is 0 Å². The number of hydrogen-bond donors (Lipinski definition) is 1. The van der Waals surface area contributed by atoms with Gasteiger partial charge in [-0.1, -0.05) is 30.3 Å². The number of carbonyl (C=O) groups is 1. The average molecular weight is 395 g/mol. The van der Waals surface area contributed by atoms with E-state index in [-0.39, 0.29) is 12.5 Å². The number of fused-ring (bicyclic) bond motifs is 1. The highest BCUT2D eigenvalue weighted by Crippen LogP contribution is 2.29. The number of aryl methyl sites for hydroxylation is 1. The van der Waals surface area contributed by atoms with Crippen LogP contribution >= 0.6 is 22.7 Å². The van der Waals surface area contributed by atoms with Gasteiger partial charge in [0, 0.05) is 10.3 Å². The molecule has 2 aromatic carbocycles. The molecule has 2 heterocycles. The van der Waals surface area contributed by atoms with E-state index in [1.54, 1.807) is 22.7 Å². The van der Waals surface area contributed by atoms with E-state index in [0.29, 0.717) is 12.3 Å². The van der Waals surface area contributed by atoms with E-state index in [1.165, 1.54) is 0 Å². The largest absolute Gasteiger partial charge is 0.484 e. The molecule has 2 aromatic heterocycles. The highest BCUT2D eigenvalue weighted by atomic mass is 32.1. The van der Waals surface area contributed by atoms with Crippen LogP contribution in [0.25, 0.3) is 21.3 Å². The maximum atomic E-state index is 12.1. The molecular formula is C21H18N2O2S2. The number of amides is 1. The molecule has 27 heavy (non-hydrogen) atoms. The predicted molar refractivity (Wildman–Crippen MR) is 111 cm³/mol. The predicted octanol–water partition coefficient (Wildman–Crippen LogP) is 5.03. The molecule has 4 nitrogen and oxygen atoms in total. The third-order valence-corrected chi connectivity index (χ3v) is 5.97. The molecule has 0 aliphatic carbocycles. The summed E-state index contributed by atoms with van der Waals surface area (Å²) >= 11 is 3.29. The quantitative estimate of drug-likeness (QED) is 0.499. The molecule has 136 valence electrons. The summed E-state index contributed by atoms with van der Waals surface area (Å²) in [5, 5.41) is 8.26. The minimum Gasteiger partial charge on any atom is -0.484 e. The number of nitrogens with one attached hydrogen (secondary N) is 1. The van der Waals surface area contributed by atoms with Gasteiger partial charge >= 0.3 is 0 Å². The van der Waals surface area contributed by atoms with Gasteiger partial charge in [-0.25, -0.2) is 4.98 Å². The molecule has 0 unspecified atom stereocenters. The summed E-state index contributed by atoms with van der Waals surface area (Å²) in [5.74, 6) is 0.559. The van der Waals surface area contributed by atoms with Gasteiger partial charge in [0.05, 0.1) is 22.1 Å². The summed E-state index contributed by atoms with van der Waals surface area (Å²) in [6.45, 7) is 2.49. The van der Waals surface area contributed by atoms with Gasteiger partial charge in [-0.3, -0.25) is 4.79 Å². The molecule has 0 spiro atoms. The molecule has 0 saturated carbocycles. The second kappa shape index (κ2) is 7.90. The molecule has 0 aliphatic heterocycles. The fourth-order valence-electron chi connectivity index (χ4n) is 2.73. The van der Waals surface area contributed by atoms with Crippen LogP contribution in [0.1, 0.15) is 9.88 Å². The lowest BCUT2D eigenvalue weighted by Crippen LogP contribution is -2.28. The first-order valence-corrected chi connectivity index (χ1v) is 10.3. The summed E-state index contributed by atoms with van der Waals surface area (Å²) in [6, 6.07) is 18.0. The van der Waals surface area contributed by atoms with E-state index in [4.69, 9.17) is 4.74 Å². The van der Waals surface area contributed by atoms with Gasteiger partial charge in [-0.2, -0.15) is 0 Å². The van der Waals surface area contributed by atoms with Crippen molar-refractivity contribution in [1.82, 2.24) is 10.3 Å². The maximum absolute atomic E-state index is 12.1. The Bertz CT molecular complexity index is 1080. The van der Waals surface area contributed by atoms with Crippen LogP contribution < -0.4 is 10.1 Å². The molecule has 4 rings (SSSR count). The van der Waals surface area contributed by atoms with E-state index in [2.05, 4.69) is 15.7 Å². The minimum absolute atomic E-state index is 0.00184. The summed E-state index contributed by atoms with van der Waals surface area (Å²) in [6.07, 6.45) is 0. The first kappa shape index (κ1) is 17.7. The fourth-order valence-corrected chi connectivity index (χ4v) is 4.33. The van der Waals surface area contributed by atoms with Gasteiger partial charge in [0.2, 0.25) is 0 Å². The monoisotopic (exact) mass is 394 g/mol. The molecule has 4 aromatic rings. The third kappa shape index (κ3) is 4.35. The number of ether oxygens (including phenoxy) is 1. The Hall–Kier alpha value is -2.70. The molecule has 0 bridgehead atoms. The molecular weight excluding hydrogens is 376 g/mol. The SMILES string of the molecule is Cc1nc(-c2ccc(CNC(=O)COc3ccc4ccccc4c3)s2)cs1. The van der Waals surface area contributed by atoms with Gasteiger partial charge < -0.3 is 10.1 Å². The number of benzene rings is 2. The lowest BCUT2D eigenvalue weighted by molar-refractivity contribution is -0.123. The molecule has 0 saturated heterocycles. The molecule has 0 radical (unpaired) electrons. The van der Waals surface area contributed by atoms with Crippen LogP contribution in [0.2, 0.25) is 0 Å². The summed E-state index contributed by atoms with van der Waals surface area (Å²) in [7, 11) is 0. The van der Waals surface area contributed by atoms with Crippen LogP contribution in [0, 0.1) is 6.92 Å². The second-order valence-electron chi connectivity index (χ2n) is 6.09. The Morgan fingerprint density at radius 2 is 1.96 bits per heavy atom. The van der Waals surface area contributed by atoms with E-state index in [1.807, 2.05) is 61.5 Å². The summed E-state index contributed by atoms with van der Waals surface area (Å²) in [4.78, 5) is 18.8. The number of nitrogens with zero attached hydrogens (tertiary/aromatic N) is 1. The summed E-state index contributed by atoms with van der Waals surface area (Å²) in [5.41, 5.74) is 1.000. The Morgan fingerprint density at radius 1 is 1.11 bits per heavy atom. The van der Waals surface area contributed by atoms with Crippen molar-refractivity contribution < 1.29 is 9.53 Å². The minimum atomic E-state index is -0.136. The topological polar surface area (TPSA) is 51.2 Å². The molecule has 1 N–H and O–H groups in total. The van der Waals surface area contributed by atoms with Gasteiger partial charge in [-0.05, 0) is 42.0 Å². The Balaban J connectivity index is 1.30. The van der Waals surface area contributed by atoms with E-state index in [9.17, 15) is 4.79 Å². The third-order valence-electron chi connectivity index (χ3n) is 4.08. The lowest BCUT2D eigenvalue weighted by atomic mass is 10.1. The Labute approximate surface area is 165 Å². The van der Waals surface area contributed by atoms with E-state index in [0.717, 1.165) is 31.2 Å². The zero-order valence-electron chi connectivity index (χ0n) is 14.8. The van der Waals surface area contributed by atoms with Crippen LogP contribution in [0.15, 0.2) is 60.0 Å². The first-order valence-electron chi connectivity index (χ1n) is 8.57. The van der Waals surface area contributed by atoms with Gasteiger partial charge in [0.15, 0.2) is 6.61 Å². The van der Waals surface area contributed by atoms with Crippen molar-refractivity contribution in [2.24, 2.45) is 0 Å².